The van der Waals surface area contributed by atoms with Crippen molar-refractivity contribution in [3.05, 3.63) is 104 Å². The molecule has 1 aliphatic rings. The summed E-state index contributed by atoms with van der Waals surface area (Å²) in [4.78, 5) is 39.3. The Kier molecular flexibility index (Phi) is 6.88. The first-order valence-corrected chi connectivity index (χ1v) is 11.5. The van der Waals surface area contributed by atoms with E-state index in [1.54, 1.807) is 36.4 Å². The van der Waals surface area contributed by atoms with E-state index in [1.807, 2.05) is 31.2 Å². The van der Waals surface area contributed by atoms with E-state index in [9.17, 15) is 14.4 Å². The van der Waals surface area contributed by atoms with Crippen molar-refractivity contribution in [2.75, 3.05) is 0 Å². The highest BCUT2D eigenvalue weighted by Crippen LogP contribution is 2.34. The number of nitrogens with zero attached hydrogens (tertiary/aromatic N) is 1. The van der Waals surface area contributed by atoms with Crippen LogP contribution in [0.15, 0.2) is 71.6 Å². The van der Waals surface area contributed by atoms with E-state index < -0.39 is 5.97 Å². The third-order valence-electron chi connectivity index (χ3n) is 4.98. The molecule has 166 valence electrons. The lowest BCUT2D eigenvalue weighted by Gasteiger charge is -2.14. The van der Waals surface area contributed by atoms with Gasteiger partial charge in [0.25, 0.3) is 11.1 Å². The van der Waals surface area contributed by atoms with E-state index in [2.05, 4.69) is 0 Å². The molecule has 0 spiro atoms. The van der Waals surface area contributed by atoms with Gasteiger partial charge in [-0.25, -0.2) is 4.79 Å². The van der Waals surface area contributed by atoms with Gasteiger partial charge in [-0.2, -0.15) is 0 Å². The molecular weight excluding hydrogens is 481 g/mol. The minimum Gasteiger partial charge on any atom is -0.423 e. The van der Waals surface area contributed by atoms with E-state index in [4.69, 9.17) is 27.9 Å². The Hall–Kier alpha value is -3.06. The van der Waals surface area contributed by atoms with Crippen LogP contribution in [-0.2, 0) is 11.3 Å². The maximum atomic E-state index is 12.9. The molecule has 1 heterocycles. The van der Waals surface area contributed by atoms with Crippen LogP contribution in [-0.4, -0.2) is 22.0 Å². The Bertz CT molecular complexity index is 1310. The van der Waals surface area contributed by atoms with Crippen LogP contribution in [0.4, 0.5) is 4.79 Å². The van der Waals surface area contributed by atoms with Crippen molar-refractivity contribution in [1.29, 1.82) is 0 Å². The lowest BCUT2D eigenvalue weighted by atomic mass is 10.1. The standard InChI is InChI=1S/C25H17Cl2NO4S/c1-15-5-2-3-7-17(15)14-28-23(29)22(33-25(28)31)12-16-6-4-8-19(11-16)32-24(30)20-10-9-18(26)13-21(20)27/h2-13H,14H2,1H3/b22-12-. The number of ether oxygens (including phenoxy) is 1. The lowest BCUT2D eigenvalue weighted by molar-refractivity contribution is -0.123. The minimum atomic E-state index is -0.632. The summed E-state index contributed by atoms with van der Waals surface area (Å²) < 4.78 is 5.42. The van der Waals surface area contributed by atoms with Gasteiger partial charge < -0.3 is 4.74 Å². The first-order chi connectivity index (χ1) is 15.8. The van der Waals surface area contributed by atoms with Gasteiger partial charge >= 0.3 is 5.97 Å². The normalized spacial score (nSPS) is 14.8. The van der Waals surface area contributed by atoms with Crippen molar-refractivity contribution in [3.63, 3.8) is 0 Å². The average molecular weight is 498 g/mol. The molecule has 33 heavy (non-hydrogen) atoms. The number of hydrogen-bond acceptors (Lipinski definition) is 5. The van der Waals surface area contributed by atoms with Gasteiger partial charge in [-0.05, 0) is 71.8 Å². The molecule has 0 unspecified atom stereocenters. The number of thioether (sulfide) groups is 1. The molecule has 0 aromatic heterocycles. The summed E-state index contributed by atoms with van der Waals surface area (Å²) in [7, 11) is 0. The largest absolute Gasteiger partial charge is 0.423 e. The third kappa shape index (κ3) is 5.30. The smallest absolute Gasteiger partial charge is 0.345 e. The van der Waals surface area contributed by atoms with Crippen molar-refractivity contribution in [2.24, 2.45) is 0 Å². The number of imide groups is 1. The number of carbonyl (C=O) groups is 3. The fourth-order valence-corrected chi connectivity index (χ4v) is 4.55. The van der Waals surface area contributed by atoms with Gasteiger partial charge in [-0.15, -0.1) is 0 Å². The maximum absolute atomic E-state index is 12.9. The molecule has 3 aromatic carbocycles. The van der Waals surface area contributed by atoms with Crippen molar-refractivity contribution in [1.82, 2.24) is 4.90 Å². The van der Waals surface area contributed by atoms with Gasteiger partial charge in [-0.1, -0.05) is 59.6 Å². The Morgan fingerprint density at radius 3 is 2.58 bits per heavy atom. The quantitative estimate of drug-likeness (QED) is 0.221. The van der Waals surface area contributed by atoms with Gasteiger partial charge in [0.15, 0.2) is 0 Å². The number of halogens is 2. The van der Waals surface area contributed by atoms with Gasteiger partial charge in [0.2, 0.25) is 0 Å². The van der Waals surface area contributed by atoms with E-state index in [0.717, 1.165) is 22.9 Å². The van der Waals surface area contributed by atoms with Crippen LogP contribution in [0.2, 0.25) is 10.0 Å². The minimum absolute atomic E-state index is 0.184. The number of amides is 2. The second kappa shape index (κ2) is 9.83. The highest BCUT2D eigenvalue weighted by Gasteiger charge is 2.35. The summed E-state index contributed by atoms with van der Waals surface area (Å²) >= 11 is 12.8. The molecule has 0 radical (unpaired) electrons. The summed E-state index contributed by atoms with van der Waals surface area (Å²) in [5.74, 6) is -0.713. The maximum Gasteiger partial charge on any atom is 0.345 e. The molecule has 5 nitrogen and oxygen atoms in total. The van der Waals surface area contributed by atoms with Crippen LogP contribution < -0.4 is 4.74 Å². The predicted octanol–water partition coefficient (Wildman–Crippen LogP) is 6.76. The van der Waals surface area contributed by atoms with Crippen LogP contribution in [0.1, 0.15) is 27.0 Å². The zero-order valence-electron chi connectivity index (χ0n) is 17.4. The molecule has 3 aromatic rings. The molecule has 0 N–H and O–H groups in total. The van der Waals surface area contributed by atoms with Gasteiger partial charge in [0.05, 0.1) is 22.0 Å². The molecule has 0 saturated carbocycles. The summed E-state index contributed by atoms with van der Waals surface area (Å²) in [5.41, 5.74) is 2.72. The molecule has 2 amide bonds. The van der Waals surface area contributed by atoms with Gasteiger partial charge in [0.1, 0.15) is 5.75 Å². The fraction of sp³-hybridized carbons (Fsp3) is 0.0800. The Morgan fingerprint density at radius 1 is 1.03 bits per heavy atom. The van der Waals surface area contributed by atoms with Crippen molar-refractivity contribution in [2.45, 2.75) is 13.5 Å². The van der Waals surface area contributed by atoms with Gasteiger partial charge in [0, 0.05) is 5.02 Å². The molecule has 1 fully saturated rings. The highest BCUT2D eigenvalue weighted by atomic mass is 35.5. The van der Waals surface area contributed by atoms with Crippen molar-refractivity contribution >= 4 is 58.2 Å². The molecule has 0 aliphatic carbocycles. The Labute approximate surface area is 204 Å². The SMILES string of the molecule is Cc1ccccc1CN1C(=O)S/C(=C\c2cccc(OC(=O)c3ccc(Cl)cc3Cl)c2)C1=O. The zero-order chi connectivity index (χ0) is 23.5. The molecule has 0 atom stereocenters. The average Bonchev–Trinajstić information content (AvgIpc) is 3.02. The third-order valence-corrected chi connectivity index (χ3v) is 6.44. The van der Waals surface area contributed by atoms with Crippen molar-refractivity contribution in [3.8, 4) is 5.75 Å². The van der Waals surface area contributed by atoms with E-state index in [-0.39, 0.29) is 34.0 Å². The predicted molar refractivity (Wildman–Crippen MR) is 131 cm³/mol. The zero-order valence-corrected chi connectivity index (χ0v) is 19.7. The second-order valence-electron chi connectivity index (χ2n) is 7.28. The summed E-state index contributed by atoms with van der Waals surface area (Å²) in [6.45, 7) is 2.16. The highest BCUT2D eigenvalue weighted by molar-refractivity contribution is 8.18. The number of esters is 1. The summed E-state index contributed by atoms with van der Waals surface area (Å²) in [6.07, 6.45) is 1.61. The first kappa shape index (κ1) is 23.1. The van der Waals surface area contributed by atoms with Crippen LogP contribution in [0.3, 0.4) is 0 Å². The Morgan fingerprint density at radius 2 is 1.82 bits per heavy atom. The van der Waals surface area contributed by atoms with Crippen LogP contribution >= 0.6 is 35.0 Å². The van der Waals surface area contributed by atoms with E-state index in [0.29, 0.717) is 15.5 Å². The number of hydrogen-bond donors (Lipinski definition) is 0. The number of rotatable bonds is 5. The van der Waals surface area contributed by atoms with Crippen LogP contribution in [0.25, 0.3) is 6.08 Å². The lowest BCUT2D eigenvalue weighted by Crippen LogP contribution is -2.27. The van der Waals surface area contributed by atoms with E-state index in [1.165, 1.54) is 17.0 Å². The molecule has 8 heteroatoms. The van der Waals surface area contributed by atoms with Crippen LogP contribution in [0, 0.1) is 6.92 Å². The van der Waals surface area contributed by atoms with Crippen LogP contribution in [0.5, 0.6) is 5.75 Å². The Balaban J connectivity index is 1.51. The van der Waals surface area contributed by atoms with E-state index >= 15 is 0 Å². The summed E-state index contributed by atoms with van der Waals surface area (Å²) in [5, 5.41) is 0.273. The molecular formula is C25H17Cl2NO4S. The first-order valence-electron chi connectivity index (χ1n) is 9.89. The topological polar surface area (TPSA) is 63.7 Å². The fourth-order valence-electron chi connectivity index (χ4n) is 3.23. The number of carbonyl (C=O) groups excluding carboxylic acids is 3. The molecule has 1 aliphatic heterocycles. The summed E-state index contributed by atoms with van der Waals surface area (Å²) in [6, 6.07) is 18.8. The number of aryl methyl sites for hydroxylation is 1. The molecule has 4 rings (SSSR count). The van der Waals surface area contributed by atoms with Crippen molar-refractivity contribution < 1.29 is 19.1 Å². The molecule has 1 saturated heterocycles. The molecule has 0 bridgehead atoms. The second-order valence-corrected chi connectivity index (χ2v) is 9.12. The number of benzene rings is 3. The monoisotopic (exact) mass is 497 g/mol. The van der Waals surface area contributed by atoms with Gasteiger partial charge in [-0.3, -0.25) is 14.5 Å².